The van der Waals surface area contributed by atoms with E-state index in [9.17, 15) is 9.59 Å². The number of carboxylic acid groups (broad SMARTS) is 2. The molecule has 0 aliphatic heterocycles. The van der Waals surface area contributed by atoms with Crippen molar-refractivity contribution in [3.05, 3.63) is 23.3 Å². The summed E-state index contributed by atoms with van der Waals surface area (Å²) in [5, 5.41) is 18.2. The van der Waals surface area contributed by atoms with E-state index in [0.29, 0.717) is 17.9 Å². The Morgan fingerprint density at radius 3 is 2.00 bits per heavy atom. The van der Waals surface area contributed by atoms with Gasteiger partial charge in [-0.1, -0.05) is 53.4 Å². The average Bonchev–Trinajstić information content (AvgIpc) is 2.61. The van der Waals surface area contributed by atoms with Crippen molar-refractivity contribution in [2.24, 2.45) is 5.41 Å². The largest absolute Gasteiger partial charge is 0.482 e. The number of fused-ring (bicyclic) bond motifs is 10. The Balaban J connectivity index is 2.57. The summed E-state index contributed by atoms with van der Waals surface area (Å²) in [6.45, 7) is 7.79. The molecule has 0 saturated heterocycles. The predicted molar refractivity (Wildman–Crippen MR) is 111 cm³/mol. The zero-order chi connectivity index (χ0) is 21.7. The van der Waals surface area contributed by atoms with Crippen LogP contribution in [-0.4, -0.2) is 35.4 Å². The van der Waals surface area contributed by atoms with E-state index < -0.39 is 25.2 Å². The molecule has 0 amide bonds. The van der Waals surface area contributed by atoms with Crippen LogP contribution in [0.3, 0.4) is 0 Å². The monoisotopic (exact) mass is 406 g/mol. The van der Waals surface area contributed by atoms with Gasteiger partial charge in [-0.2, -0.15) is 0 Å². The van der Waals surface area contributed by atoms with Crippen LogP contribution in [0.15, 0.2) is 12.1 Å². The van der Waals surface area contributed by atoms with Gasteiger partial charge < -0.3 is 19.7 Å². The Bertz CT molecular complexity index is 735. The van der Waals surface area contributed by atoms with E-state index in [2.05, 4.69) is 27.7 Å². The third-order valence-electron chi connectivity index (χ3n) is 5.67. The fourth-order valence-corrected chi connectivity index (χ4v) is 4.06. The molecule has 0 atom stereocenters. The summed E-state index contributed by atoms with van der Waals surface area (Å²) >= 11 is 0. The van der Waals surface area contributed by atoms with E-state index in [1.54, 1.807) is 0 Å². The van der Waals surface area contributed by atoms with Gasteiger partial charge in [-0.05, 0) is 47.8 Å². The van der Waals surface area contributed by atoms with Gasteiger partial charge in [0.25, 0.3) is 0 Å². The lowest BCUT2D eigenvalue weighted by molar-refractivity contribution is -0.140. The molecular weight excluding hydrogens is 372 g/mol. The number of hydrogen-bond donors (Lipinski definition) is 2. The van der Waals surface area contributed by atoms with Gasteiger partial charge >= 0.3 is 11.9 Å². The summed E-state index contributed by atoms with van der Waals surface area (Å²) in [6, 6.07) is 3.72. The molecule has 6 heteroatoms. The number of rotatable bonds is 6. The number of aliphatic carboxylic acids is 2. The lowest BCUT2D eigenvalue weighted by atomic mass is 9.78. The standard InChI is InChI=1S/C23H34O6/c1-22(2)9-7-5-6-8-10-23(3,4)17-12-18(28-14-20(24)25)16(13-22)11-19(17)29-15-21(26)27/h11-12H,5-10,13-15H2,1-4H3,(H,24,25)(H,26,27). The van der Waals surface area contributed by atoms with Gasteiger partial charge in [0.2, 0.25) is 0 Å². The Hall–Kier alpha value is -2.24. The summed E-state index contributed by atoms with van der Waals surface area (Å²) in [5.41, 5.74) is 1.48. The molecule has 2 N–H and O–H groups in total. The van der Waals surface area contributed by atoms with E-state index in [1.807, 2.05) is 12.1 Å². The molecule has 0 unspecified atom stereocenters. The molecule has 2 aliphatic rings. The van der Waals surface area contributed by atoms with Crippen molar-refractivity contribution in [1.29, 1.82) is 0 Å². The molecule has 29 heavy (non-hydrogen) atoms. The molecular formula is C23H34O6. The quantitative estimate of drug-likeness (QED) is 0.704. The topological polar surface area (TPSA) is 93.1 Å². The first-order valence-corrected chi connectivity index (χ1v) is 10.4. The van der Waals surface area contributed by atoms with Gasteiger partial charge in [0.05, 0.1) is 0 Å². The van der Waals surface area contributed by atoms with Gasteiger partial charge in [0, 0.05) is 5.56 Å². The number of carboxylic acids is 2. The van der Waals surface area contributed by atoms with Crippen LogP contribution in [0, 0.1) is 5.41 Å². The Labute approximate surface area is 173 Å². The molecule has 2 bridgehead atoms. The van der Waals surface area contributed by atoms with E-state index in [0.717, 1.165) is 43.2 Å². The maximum atomic E-state index is 11.1. The second kappa shape index (κ2) is 9.51. The first-order valence-electron chi connectivity index (χ1n) is 10.4. The summed E-state index contributed by atoms with van der Waals surface area (Å²) in [4.78, 5) is 22.2. The highest BCUT2D eigenvalue weighted by Gasteiger charge is 2.29. The van der Waals surface area contributed by atoms with Crippen LogP contribution in [0.5, 0.6) is 11.5 Å². The molecule has 0 fully saturated rings. The van der Waals surface area contributed by atoms with Crippen molar-refractivity contribution in [3.63, 3.8) is 0 Å². The highest BCUT2D eigenvalue weighted by Crippen LogP contribution is 2.42. The van der Waals surface area contributed by atoms with Crippen molar-refractivity contribution in [3.8, 4) is 11.5 Å². The lowest BCUT2D eigenvalue weighted by Gasteiger charge is -2.30. The third-order valence-corrected chi connectivity index (χ3v) is 5.67. The molecule has 1 aromatic carbocycles. The number of carbonyl (C=O) groups is 2. The summed E-state index contributed by atoms with van der Waals surface area (Å²) in [7, 11) is 0. The van der Waals surface area contributed by atoms with Crippen LogP contribution in [0.2, 0.25) is 0 Å². The maximum Gasteiger partial charge on any atom is 0.341 e. The molecule has 2 aliphatic carbocycles. The molecule has 0 radical (unpaired) electrons. The van der Waals surface area contributed by atoms with Gasteiger partial charge in [-0.15, -0.1) is 0 Å². The first-order chi connectivity index (χ1) is 13.5. The van der Waals surface area contributed by atoms with E-state index in [4.69, 9.17) is 19.7 Å². The zero-order valence-electron chi connectivity index (χ0n) is 18.0. The first kappa shape index (κ1) is 23.0. The molecule has 0 aromatic heterocycles. The highest BCUT2D eigenvalue weighted by molar-refractivity contribution is 5.69. The molecule has 162 valence electrons. The Morgan fingerprint density at radius 2 is 1.41 bits per heavy atom. The van der Waals surface area contributed by atoms with Crippen LogP contribution < -0.4 is 9.47 Å². The van der Waals surface area contributed by atoms with Crippen LogP contribution >= 0.6 is 0 Å². The van der Waals surface area contributed by atoms with Gasteiger partial charge in [0.15, 0.2) is 13.2 Å². The number of hydrogen-bond acceptors (Lipinski definition) is 4. The van der Waals surface area contributed by atoms with Crippen LogP contribution in [-0.2, 0) is 21.4 Å². The average molecular weight is 407 g/mol. The van der Waals surface area contributed by atoms with Gasteiger partial charge in [-0.3, -0.25) is 0 Å². The Kier molecular flexibility index (Phi) is 7.55. The minimum absolute atomic E-state index is 0.0104. The van der Waals surface area contributed by atoms with Gasteiger partial charge in [-0.25, -0.2) is 9.59 Å². The van der Waals surface area contributed by atoms with Crippen molar-refractivity contribution in [2.75, 3.05) is 13.2 Å². The smallest absolute Gasteiger partial charge is 0.341 e. The van der Waals surface area contributed by atoms with Crippen LogP contribution in [0.1, 0.15) is 77.3 Å². The molecule has 6 nitrogen and oxygen atoms in total. The SMILES string of the molecule is CC1(C)CCCCCCC(C)(C)c2cc(OCC(=O)O)c(cc2OCC(=O)O)C1. The lowest BCUT2D eigenvalue weighted by Crippen LogP contribution is -2.22. The third kappa shape index (κ3) is 6.94. The zero-order valence-corrected chi connectivity index (χ0v) is 18.0. The van der Waals surface area contributed by atoms with Crippen molar-refractivity contribution < 1.29 is 29.3 Å². The second-order valence-corrected chi connectivity index (χ2v) is 9.46. The highest BCUT2D eigenvalue weighted by atomic mass is 16.5. The fourth-order valence-electron chi connectivity index (χ4n) is 4.06. The molecule has 1 aromatic rings. The summed E-state index contributed by atoms with van der Waals surface area (Å²) < 4.78 is 11.3. The summed E-state index contributed by atoms with van der Waals surface area (Å²) in [6.07, 6.45) is 7.25. The van der Waals surface area contributed by atoms with E-state index in [-0.39, 0.29) is 10.8 Å². The second-order valence-electron chi connectivity index (χ2n) is 9.46. The minimum atomic E-state index is -1.03. The maximum absolute atomic E-state index is 11.1. The molecule has 3 rings (SSSR count). The van der Waals surface area contributed by atoms with E-state index >= 15 is 0 Å². The molecule has 0 saturated carbocycles. The van der Waals surface area contributed by atoms with E-state index in [1.165, 1.54) is 6.42 Å². The minimum Gasteiger partial charge on any atom is -0.482 e. The molecule has 0 spiro atoms. The van der Waals surface area contributed by atoms with Crippen molar-refractivity contribution >= 4 is 11.9 Å². The number of ether oxygens (including phenoxy) is 2. The van der Waals surface area contributed by atoms with Crippen molar-refractivity contribution in [1.82, 2.24) is 0 Å². The van der Waals surface area contributed by atoms with Crippen molar-refractivity contribution in [2.45, 2.75) is 78.1 Å². The predicted octanol–water partition coefficient (Wildman–Crippen LogP) is 4.81. The summed E-state index contributed by atoms with van der Waals surface area (Å²) in [5.74, 6) is -0.963. The van der Waals surface area contributed by atoms with Crippen LogP contribution in [0.4, 0.5) is 0 Å². The number of benzene rings is 1. The Morgan fingerprint density at radius 1 is 0.862 bits per heavy atom. The van der Waals surface area contributed by atoms with Gasteiger partial charge in [0.1, 0.15) is 11.5 Å². The molecule has 0 heterocycles. The van der Waals surface area contributed by atoms with Crippen LogP contribution in [0.25, 0.3) is 0 Å². The normalized spacial score (nSPS) is 18.8. The fraction of sp³-hybridized carbons (Fsp3) is 0.652.